The fraction of sp³-hybridized carbons (Fsp3) is 0.429. The molecule has 0 heterocycles. The average Bonchev–Trinajstić information content (AvgIpc) is 2.26. The topological polar surface area (TPSA) is 63.6 Å². The number of Topliss-reactive ketones (excluding diaryl/α,β-unsaturated/α-hetero) is 1. The highest BCUT2D eigenvalue weighted by molar-refractivity contribution is 5.75. The van der Waals surface area contributed by atoms with Crippen LogP contribution in [-0.4, -0.2) is 23.0 Å². The molecule has 0 saturated carbocycles. The van der Waals surface area contributed by atoms with E-state index in [2.05, 4.69) is 0 Å². The maximum absolute atomic E-state index is 10.9. The molecule has 0 amide bonds. The minimum absolute atomic E-state index is 0.0217. The fourth-order valence-corrected chi connectivity index (χ4v) is 1.57. The predicted molar refractivity (Wildman–Crippen MR) is 67.8 cm³/mol. The fourth-order valence-electron chi connectivity index (χ4n) is 1.57. The van der Waals surface area contributed by atoms with Crippen LogP contribution < -0.4 is 4.74 Å². The SMILES string of the molecule is CC(=O)CCc1ccc(O[C@@H](C)CC(=O)O)cc1. The summed E-state index contributed by atoms with van der Waals surface area (Å²) in [5.74, 6) is -0.0543. The Labute approximate surface area is 107 Å². The Kier molecular flexibility index (Phi) is 5.36. The molecule has 1 N–H and O–H groups in total. The summed E-state index contributed by atoms with van der Waals surface area (Å²) in [5, 5.41) is 8.62. The summed E-state index contributed by atoms with van der Waals surface area (Å²) >= 11 is 0. The molecule has 98 valence electrons. The summed E-state index contributed by atoms with van der Waals surface area (Å²) in [6.45, 7) is 3.29. The number of hydrogen-bond acceptors (Lipinski definition) is 3. The molecule has 0 aliphatic rings. The molecule has 4 heteroatoms. The number of ether oxygens (including phenoxy) is 1. The van der Waals surface area contributed by atoms with Crippen LogP contribution in [0.2, 0.25) is 0 Å². The van der Waals surface area contributed by atoms with E-state index in [-0.39, 0.29) is 18.3 Å². The van der Waals surface area contributed by atoms with Crippen molar-refractivity contribution in [2.24, 2.45) is 0 Å². The number of aliphatic carboxylic acids is 1. The largest absolute Gasteiger partial charge is 0.490 e. The molecule has 0 saturated heterocycles. The van der Waals surface area contributed by atoms with Crippen LogP contribution in [0, 0.1) is 0 Å². The highest BCUT2D eigenvalue weighted by Gasteiger charge is 2.08. The van der Waals surface area contributed by atoms with Gasteiger partial charge in [0.25, 0.3) is 0 Å². The van der Waals surface area contributed by atoms with Gasteiger partial charge < -0.3 is 14.6 Å². The number of hydrogen-bond donors (Lipinski definition) is 1. The van der Waals surface area contributed by atoms with E-state index in [1.54, 1.807) is 26.0 Å². The van der Waals surface area contributed by atoms with Gasteiger partial charge in [0.1, 0.15) is 17.6 Å². The van der Waals surface area contributed by atoms with Crippen LogP contribution in [0.4, 0.5) is 0 Å². The number of ketones is 1. The third kappa shape index (κ3) is 5.48. The van der Waals surface area contributed by atoms with Crippen LogP contribution >= 0.6 is 0 Å². The minimum Gasteiger partial charge on any atom is -0.490 e. The molecular formula is C14H18O4. The second-order valence-electron chi connectivity index (χ2n) is 4.37. The molecule has 0 spiro atoms. The highest BCUT2D eigenvalue weighted by atomic mass is 16.5. The van der Waals surface area contributed by atoms with Gasteiger partial charge in [-0.25, -0.2) is 0 Å². The van der Waals surface area contributed by atoms with Crippen molar-refractivity contribution >= 4 is 11.8 Å². The van der Waals surface area contributed by atoms with E-state index in [0.29, 0.717) is 12.2 Å². The first-order valence-electron chi connectivity index (χ1n) is 5.94. The van der Waals surface area contributed by atoms with Gasteiger partial charge in [-0.2, -0.15) is 0 Å². The third-order valence-electron chi connectivity index (χ3n) is 2.49. The Balaban J connectivity index is 2.49. The van der Waals surface area contributed by atoms with E-state index in [1.165, 1.54) is 0 Å². The van der Waals surface area contributed by atoms with Crippen LogP contribution in [-0.2, 0) is 16.0 Å². The van der Waals surface area contributed by atoms with Crippen molar-refractivity contribution in [1.82, 2.24) is 0 Å². The Morgan fingerprint density at radius 1 is 1.28 bits per heavy atom. The quantitative estimate of drug-likeness (QED) is 0.807. The van der Waals surface area contributed by atoms with Gasteiger partial charge in [0.2, 0.25) is 0 Å². The minimum atomic E-state index is -0.874. The molecular weight excluding hydrogens is 232 g/mol. The Morgan fingerprint density at radius 3 is 2.39 bits per heavy atom. The molecule has 0 radical (unpaired) electrons. The van der Waals surface area contributed by atoms with Crippen LogP contribution in [0.3, 0.4) is 0 Å². The zero-order chi connectivity index (χ0) is 13.5. The summed E-state index contributed by atoms with van der Waals surface area (Å²) in [4.78, 5) is 21.3. The maximum Gasteiger partial charge on any atom is 0.307 e. The lowest BCUT2D eigenvalue weighted by atomic mass is 10.1. The zero-order valence-electron chi connectivity index (χ0n) is 10.7. The van der Waals surface area contributed by atoms with Crippen molar-refractivity contribution in [3.63, 3.8) is 0 Å². The molecule has 0 bridgehead atoms. The van der Waals surface area contributed by atoms with Crippen molar-refractivity contribution in [1.29, 1.82) is 0 Å². The first kappa shape index (κ1) is 14.2. The zero-order valence-corrected chi connectivity index (χ0v) is 10.7. The van der Waals surface area contributed by atoms with E-state index < -0.39 is 5.97 Å². The van der Waals surface area contributed by atoms with Crippen LogP contribution in [0.1, 0.15) is 32.3 Å². The summed E-state index contributed by atoms with van der Waals surface area (Å²) in [5.41, 5.74) is 1.07. The molecule has 0 unspecified atom stereocenters. The van der Waals surface area contributed by atoms with Crippen LogP contribution in [0.25, 0.3) is 0 Å². The first-order valence-corrected chi connectivity index (χ1v) is 5.94. The van der Waals surface area contributed by atoms with E-state index in [4.69, 9.17) is 9.84 Å². The maximum atomic E-state index is 10.9. The molecule has 0 aliphatic heterocycles. The molecule has 4 nitrogen and oxygen atoms in total. The van der Waals surface area contributed by atoms with Crippen molar-refractivity contribution < 1.29 is 19.4 Å². The standard InChI is InChI=1S/C14H18O4/c1-10(15)3-4-12-5-7-13(8-6-12)18-11(2)9-14(16)17/h5-8,11H,3-4,9H2,1-2H3,(H,16,17)/t11-/m0/s1. The molecule has 1 aromatic carbocycles. The lowest BCUT2D eigenvalue weighted by Crippen LogP contribution is -2.16. The monoisotopic (exact) mass is 250 g/mol. The van der Waals surface area contributed by atoms with Crippen molar-refractivity contribution in [2.75, 3.05) is 0 Å². The molecule has 1 aromatic rings. The number of rotatable bonds is 7. The van der Waals surface area contributed by atoms with E-state index in [1.807, 2.05) is 12.1 Å². The van der Waals surface area contributed by atoms with E-state index in [0.717, 1.165) is 12.0 Å². The van der Waals surface area contributed by atoms with Crippen molar-refractivity contribution in [2.45, 2.75) is 39.2 Å². The lowest BCUT2D eigenvalue weighted by Gasteiger charge is -2.12. The molecule has 1 atom stereocenters. The van der Waals surface area contributed by atoms with Gasteiger partial charge in [-0.3, -0.25) is 4.79 Å². The Morgan fingerprint density at radius 2 is 1.89 bits per heavy atom. The van der Waals surface area contributed by atoms with Gasteiger partial charge in [-0.15, -0.1) is 0 Å². The van der Waals surface area contributed by atoms with Crippen LogP contribution in [0.15, 0.2) is 24.3 Å². The van der Waals surface area contributed by atoms with Gasteiger partial charge >= 0.3 is 5.97 Å². The number of benzene rings is 1. The number of carboxylic acids is 1. The molecule has 1 rings (SSSR count). The van der Waals surface area contributed by atoms with Gasteiger partial charge in [0, 0.05) is 6.42 Å². The second kappa shape index (κ2) is 6.79. The summed E-state index contributed by atoms with van der Waals surface area (Å²) in [6.07, 6.45) is 0.882. The molecule has 18 heavy (non-hydrogen) atoms. The van der Waals surface area contributed by atoms with Gasteiger partial charge in [-0.1, -0.05) is 12.1 Å². The molecule has 0 fully saturated rings. The van der Waals surface area contributed by atoms with Crippen molar-refractivity contribution in [3.05, 3.63) is 29.8 Å². The number of carbonyl (C=O) groups excluding carboxylic acids is 1. The molecule has 0 aromatic heterocycles. The number of carboxylic acid groups (broad SMARTS) is 1. The number of aryl methyl sites for hydroxylation is 1. The normalized spacial score (nSPS) is 11.9. The average molecular weight is 250 g/mol. The van der Waals surface area contributed by atoms with Gasteiger partial charge in [0.05, 0.1) is 6.42 Å². The molecule has 0 aliphatic carbocycles. The second-order valence-corrected chi connectivity index (χ2v) is 4.37. The van der Waals surface area contributed by atoms with Gasteiger partial charge in [0.15, 0.2) is 0 Å². The lowest BCUT2D eigenvalue weighted by molar-refractivity contribution is -0.138. The summed E-state index contributed by atoms with van der Waals surface area (Å²) < 4.78 is 5.46. The van der Waals surface area contributed by atoms with Crippen molar-refractivity contribution in [3.8, 4) is 5.75 Å². The highest BCUT2D eigenvalue weighted by Crippen LogP contribution is 2.15. The summed E-state index contributed by atoms with van der Waals surface area (Å²) in [7, 11) is 0. The smallest absolute Gasteiger partial charge is 0.307 e. The van der Waals surface area contributed by atoms with E-state index >= 15 is 0 Å². The Bertz CT molecular complexity index is 408. The van der Waals surface area contributed by atoms with Crippen LogP contribution in [0.5, 0.6) is 5.75 Å². The Hall–Kier alpha value is -1.84. The van der Waals surface area contributed by atoms with E-state index in [9.17, 15) is 9.59 Å². The number of carbonyl (C=O) groups is 2. The van der Waals surface area contributed by atoms with Gasteiger partial charge in [-0.05, 0) is 38.0 Å². The summed E-state index contributed by atoms with van der Waals surface area (Å²) in [6, 6.07) is 7.39. The predicted octanol–water partition coefficient (Wildman–Crippen LogP) is 2.45. The first-order chi connectivity index (χ1) is 8.47. The third-order valence-corrected chi connectivity index (χ3v) is 2.49.